The van der Waals surface area contributed by atoms with Gasteiger partial charge in [0, 0.05) is 13.0 Å². The summed E-state index contributed by atoms with van der Waals surface area (Å²) in [4.78, 5) is 12.7. The van der Waals surface area contributed by atoms with Crippen LogP contribution in [0.4, 0.5) is 0 Å². The fourth-order valence-electron chi connectivity index (χ4n) is 3.63. The van der Waals surface area contributed by atoms with Crippen molar-refractivity contribution in [3.05, 3.63) is 59.2 Å². The number of hydrogen-bond acceptors (Lipinski definition) is 4. The Balaban J connectivity index is 1.58. The van der Waals surface area contributed by atoms with Gasteiger partial charge < -0.3 is 10.1 Å². The Hall–Kier alpha value is -2.38. The summed E-state index contributed by atoms with van der Waals surface area (Å²) in [6.07, 6.45) is 3.54. The van der Waals surface area contributed by atoms with Gasteiger partial charge >= 0.3 is 0 Å². The molecule has 1 aliphatic carbocycles. The molecular formula is C21H26N2O4S. The van der Waals surface area contributed by atoms with E-state index in [2.05, 4.69) is 22.2 Å². The lowest BCUT2D eigenvalue weighted by molar-refractivity contribution is -0.121. The summed E-state index contributed by atoms with van der Waals surface area (Å²) in [5.41, 5.74) is 3.37. The lowest BCUT2D eigenvalue weighted by Gasteiger charge is -2.25. The normalized spacial score (nSPS) is 16.3. The number of carbonyl (C=O) groups excluding carboxylic acids is 1. The first-order chi connectivity index (χ1) is 13.4. The molecule has 6 nitrogen and oxygen atoms in total. The van der Waals surface area contributed by atoms with Gasteiger partial charge in [-0.1, -0.05) is 18.2 Å². The van der Waals surface area contributed by atoms with Gasteiger partial charge in [-0.25, -0.2) is 13.1 Å². The van der Waals surface area contributed by atoms with E-state index in [9.17, 15) is 13.2 Å². The molecule has 150 valence electrons. The molecule has 1 unspecified atom stereocenters. The average molecular weight is 403 g/mol. The van der Waals surface area contributed by atoms with Gasteiger partial charge in [0.2, 0.25) is 15.9 Å². The van der Waals surface area contributed by atoms with Gasteiger partial charge in [0.15, 0.2) is 0 Å². The third kappa shape index (κ3) is 4.72. The van der Waals surface area contributed by atoms with E-state index in [1.54, 1.807) is 19.2 Å². The van der Waals surface area contributed by atoms with Crippen LogP contribution in [-0.2, 0) is 27.8 Å². The van der Waals surface area contributed by atoms with Crippen LogP contribution in [0.2, 0.25) is 0 Å². The number of sulfonamides is 1. The zero-order valence-corrected chi connectivity index (χ0v) is 17.0. The van der Waals surface area contributed by atoms with Crippen LogP contribution in [0.15, 0.2) is 47.4 Å². The van der Waals surface area contributed by atoms with Crippen molar-refractivity contribution in [3.63, 3.8) is 0 Å². The number of aryl methyl sites for hydroxylation is 1. The summed E-state index contributed by atoms with van der Waals surface area (Å²) >= 11 is 0. The molecule has 1 aliphatic rings. The molecule has 1 amide bonds. The lowest BCUT2D eigenvalue weighted by atomic mass is 9.81. The first-order valence-corrected chi connectivity index (χ1v) is 10.9. The third-order valence-corrected chi connectivity index (χ3v) is 6.64. The Labute approximate surface area is 166 Å². The molecule has 0 heterocycles. The molecule has 0 fully saturated rings. The number of hydrogen-bond donors (Lipinski definition) is 2. The second-order valence-corrected chi connectivity index (χ2v) is 8.87. The summed E-state index contributed by atoms with van der Waals surface area (Å²) in [5, 5.41) is 2.94. The molecule has 28 heavy (non-hydrogen) atoms. The van der Waals surface area contributed by atoms with E-state index in [4.69, 9.17) is 4.74 Å². The highest BCUT2D eigenvalue weighted by Gasteiger charge is 2.23. The zero-order chi connectivity index (χ0) is 20.1. The van der Waals surface area contributed by atoms with Gasteiger partial charge in [-0.05, 0) is 73.2 Å². The molecule has 2 aromatic rings. The first-order valence-electron chi connectivity index (χ1n) is 9.39. The minimum absolute atomic E-state index is 0.000547. The van der Waals surface area contributed by atoms with Crippen LogP contribution in [0, 0.1) is 0 Å². The molecule has 0 aromatic heterocycles. The molecule has 0 saturated carbocycles. The fraction of sp³-hybridized carbons (Fsp3) is 0.381. The van der Waals surface area contributed by atoms with Crippen LogP contribution in [0.3, 0.4) is 0 Å². The molecule has 1 atom stereocenters. The van der Waals surface area contributed by atoms with Gasteiger partial charge in [-0.15, -0.1) is 0 Å². The monoisotopic (exact) mass is 402 g/mol. The van der Waals surface area contributed by atoms with E-state index in [0.29, 0.717) is 13.0 Å². The second kappa shape index (κ2) is 8.75. The molecule has 2 N–H and O–H groups in total. The Morgan fingerprint density at radius 2 is 1.93 bits per heavy atom. The van der Waals surface area contributed by atoms with Crippen molar-refractivity contribution in [3.8, 4) is 5.75 Å². The first kappa shape index (κ1) is 20.4. The van der Waals surface area contributed by atoms with Crippen molar-refractivity contribution < 1.29 is 17.9 Å². The lowest BCUT2D eigenvalue weighted by Crippen LogP contribution is -2.26. The molecular weight excluding hydrogens is 376 g/mol. The highest BCUT2D eigenvalue weighted by Crippen LogP contribution is 2.35. The highest BCUT2D eigenvalue weighted by molar-refractivity contribution is 7.89. The van der Waals surface area contributed by atoms with Crippen LogP contribution in [0.25, 0.3) is 0 Å². The van der Waals surface area contributed by atoms with Crippen molar-refractivity contribution in [2.45, 2.75) is 43.0 Å². The number of amides is 1. The van der Waals surface area contributed by atoms with Gasteiger partial charge in [0.25, 0.3) is 0 Å². The number of rotatable bonds is 7. The molecule has 0 radical (unpaired) electrons. The topological polar surface area (TPSA) is 84.5 Å². The Bertz CT molecular complexity index is 939. The minimum Gasteiger partial charge on any atom is -0.497 e. The summed E-state index contributed by atoms with van der Waals surface area (Å²) in [6, 6.07) is 12.6. The number of carbonyl (C=O) groups is 1. The van der Waals surface area contributed by atoms with Crippen LogP contribution < -0.4 is 14.8 Å². The molecule has 2 aromatic carbocycles. The van der Waals surface area contributed by atoms with Crippen LogP contribution in [0.5, 0.6) is 5.75 Å². The van der Waals surface area contributed by atoms with Gasteiger partial charge in [-0.3, -0.25) is 4.79 Å². The standard InChI is InChI=1S/C21H26N2O4S/c1-22-28(25,26)19-9-6-15(7-10-19)14-23-21(24)13-17-5-3-4-16-12-18(27-2)8-11-20(16)17/h6-12,17,22H,3-5,13-14H2,1-2H3,(H,23,24). The maximum Gasteiger partial charge on any atom is 0.240 e. The predicted octanol–water partition coefficient (Wildman–Crippen LogP) is 2.73. The van der Waals surface area contributed by atoms with Crippen LogP contribution in [0.1, 0.15) is 41.9 Å². The van der Waals surface area contributed by atoms with Gasteiger partial charge in [0.05, 0.1) is 12.0 Å². The molecule has 0 bridgehead atoms. The van der Waals surface area contributed by atoms with Crippen molar-refractivity contribution in [2.75, 3.05) is 14.2 Å². The van der Waals surface area contributed by atoms with E-state index in [1.807, 2.05) is 6.07 Å². The Morgan fingerprint density at radius 1 is 1.18 bits per heavy atom. The summed E-state index contributed by atoms with van der Waals surface area (Å²) in [6.45, 7) is 0.376. The number of ether oxygens (including phenoxy) is 1. The van der Waals surface area contributed by atoms with Gasteiger partial charge in [-0.2, -0.15) is 0 Å². The highest BCUT2D eigenvalue weighted by atomic mass is 32.2. The number of benzene rings is 2. The van der Waals surface area contributed by atoms with Crippen molar-refractivity contribution in [1.82, 2.24) is 10.0 Å². The molecule has 3 rings (SSSR count). The average Bonchev–Trinajstić information content (AvgIpc) is 2.72. The second-order valence-electron chi connectivity index (χ2n) is 6.99. The zero-order valence-electron chi connectivity index (χ0n) is 16.2. The van der Waals surface area contributed by atoms with Crippen molar-refractivity contribution >= 4 is 15.9 Å². The predicted molar refractivity (Wildman–Crippen MR) is 108 cm³/mol. The minimum atomic E-state index is -3.45. The Morgan fingerprint density at radius 3 is 2.61 bits per heavy atom. The summed E-state index contributed by atoms with van der Waals surface area (Å²) < 4.78 is 31.1. The molecule has 0 aliphatic heterocycles. The van der Waals surface area contributed by atoms with Crippen molar-refractivity contribution in [1.29, 1.82) is 0 Å². The van der Waals surface area contributed by atoms with E-state index < -0.39 is 10.0 Å². The number of nitrogens with one attached hydrogen (secondary N) is 2. The molecule has 0 saturated heterocycles. The maximum atomic E-state index is 12.4. The smallest absolute Gasteiger partial charge is 0.240 e. The van der Waals surface area contributed by atoms with Crippen LogP contribution >= 0.6 is 0 Å². The summed E-state index contributed by atoms with van der Waals surface area (Å²) in [5.74, 6) is 1.07. The quantitative estimate of drug-likeness (QED) is 0.746. The van der Waals surface area contributed by atoms with Crippen LogP contribution in [-0.4, -0.2) is 28.5 Å². The maximum absolute atomic E-state index is 12.4. The van der Waals surface area contributed by atoms with E-state index in [1.165, 1.54) is 30.3 Å². The summed E-state index contributed by atoms with van der Waals surface area (Å²) in [7, 11) is -0.404. The van der Waals surface area contributed by atoms with Gasteiger partial charge in [0.1, 0.15) is 5.75 Å². The third-order valence-electron chi connectivity index (χ3n) is 5.21. The fourth-order valence-corrected chi connectivity index (χ4v) is 4.36. The van der Waals surface area contributed by atoms with E-state index >= 15 is 0 Å². The molecule has 7 heteroatoms. The number of fused-ring (bicyclic) bond motifs is 1. The van der Waals surface area contributed by atoms with Crippen molar-refractivity contribution in [2.24, 2.45) is 0 Å². The van der Waals surface area contributed by atoms with E-state index in [0.717, 1.165) is 30.6 Å². The van der Waals surface area contributed by atoms with E-state index in [-0.39, 0.29) is 16.7 Å². The number of methoxy groups -OCH3 is 1. The Kier molecular flexibility index (Phi) is 6.36. The SMILES string of the molecule is CNS(=O)(=O)c1ccc(CNC(=O)CC2CCCc3cc(OC)ccc32)cc1. The molecule has 0 spiro atoms. The largest absolute Gasteiger partial charge is 0.497 e.